The molecule has 12 aromatic rings. The molecule has 0 aliphatic heterocycles. The average Bonchev–Trinajstić information content (AvgIpc) is 3.91. The van der Waals surface area contributed by atoms with Crippen LogP contribution in [0.3, 0.4) is 0 Å². The van der Waals surface area contributed by atoms with Gasteiger partial charge in [-0.3, -0.25) is 0 Å². The third-order valence-corrected chi connectivity index (χ3v) is 12.1. The monoisotopic (exact) mass is 779 g/mol. The number of benzene rings is 10. The number of furan rings is 2. The summed E-state index contributed by atoms with van der Waals surface area (Å²) in [5, 5.41) is 6.92. The third kappa shape index (κ3) is 5.82. The number of hydrogen-bond acceptors (Lipinski definition) is 3. The largest absolute Gasteiger partial charge is 0.456 e. The van der Waals surface area contributed by atoms with Crippen molar-refractivity contribution in [3.05, 3.63) is 224 Å². The van der Waals surface area contributed by atoms with Crippen LogP contribution in [0.1, 0.15) is 0 Å². The van der Waals surface area contributed by atoms with E-state index in [9.17, 15) is 0 Å². The Kier molecular flexibility index (Phi) is 8.17. The van der Waals surface area contributed by atoms with Crippen LogP contribution in [0.25, 0.3) is 99.2 Å². The predicted molar refractivity (Wildman–Crippen MR) is 255 cm³/mol. The molecule has 0 amide bonds. The van der Waals surface area contributed by atoms with E-state index in [1.165, 1.54) is 27.5 Å². The Balaban J connectivity index is 1.05. The van der Waals surface area contributed by atoms with Gasteiger partial charge in [-0.2, -0.15) is 0 Å². The SMILES string of the molecule is c1cc(-c2ccccc2-c2cccc3ccccc23)cc(N(c2ccc(-c3cccc4c3oc3ccccc34)cc2)c2ccccc2-c2cccc3oc4ccccc4c23)c1. The summed E-state index contributed by atoms with van der Waals surface area (Å²) in [6.45, 7) is 0. The van der Waals surface area contributed by atoms with Gasteiger partial charge in [0.1, 0.15) is 22.3 Å². The number of para-hydroxylation sites is 4. The van der Waals surface area contributed by atoms with Crippen LogP contribution in [0.4, 0.5) is 17.1 Å². The van der Waals surface area contributed by atoms with Crippen LogP contribution < -0.4 is 4.90 Å². The van der Waals surface area contributed by atoms with Gasteiger partial charge in [0, 0.05) is 44.0 Å². The molecule has 0 aliphatic carbocycles. The van der Waals surface area contributed by atoms with Crippen molar-refractivity contribution in [2.45, 2.75) is 0 Å². The zero-order valence-electron chi connectivity index (χ0n) is 33.1. The molecule has 12 rings (SSSR count). The first kappa shape index (κ1) is 34.9. The molecule has 3 nitrogen and oxygen atoms in total. The average molecular weight is 780 g/mol. The molecule has 0 bridgehead atoms. The standard InChI is InChI=1S/C58H37NO2/c1-2-19-43-38(15-1)16-12-26-47(43)46-21-4-3-20-44(46)40-17-11-18-42(37-40)59(41-35-33-39(34-36-41)45-25-13-28-51-49-23-6-9-30-54(49)61-58(45)51)53-29-8-5-22-48(53)50-27-14-32-56-57(50)52-24-7-10-31-55(52)60-56/h1-37H. The van der Waals surface area contributed by atoms with Crippen molar-refractivity contribution in [3.63, 3.8) is 0 Å². The lowest BCUT2D eigenvalue weighted by atomic mass is 9.91. The summed E-state index contributed by atoms with van der Waals surface area (Å²) in [5.74, 6) is 0. The summed E-state index contributed by atoms with van der Waals surface area (Å²) in [6.07, 6.45) is 0. The first-order valence-corrected chi connectivity index (χ1v) is 20.7. The predicted octanol–water partition coefficient (Wildman–Crippen LogP) is 16.8. The highest BCUT2D eigenvalue weighted by Gasteiger charge is 2.22. The lowest BCUT2D eigenvalue weighted by Crippen LogP contribution is -2.11. The highest BCUT2D eigenvalue weighted by atomic mass is 16.3. The van der Waals surface area contributed by atoms with Crippen molar-refractivity contribution in [3.8, 4) is 44.5 Å². The van der Waals surface area contributed by atoms with Crippen LogP contribution in [-0.2, 0) is 0 Å². The van der Waals surface area contributed by atoms with E-state index in [0.29, 0.717) is 0 Å². The third-order valence-electron chi connectivity index (χ3n) is 12.1. The Morgan fingerprint density at radius 2 is 0.869 bits per heavy atom. The fraction of sp³-hybridized carbons (Fsp3) is 0. The van der Waals surface area contributed by atoms with Crippen LogP contribution in [-0.4, -0.2) is 0 Å². The zero-order valence-corrected chi connectivity index (χ0v) is 33.1. The number of rotatable bonds is 7. The summed E-state index contributed by atoms with van der Waals surface area (Å²) >= 11 is 0. The van der Waals surface area contributed by atoms with Gasteiger partial charge in [-0.1, -0.05) is 176 Å². The number of nitrogens with zero attached hydrogens (tertiary/aromatic N) is 1. The number of fused-ring (bicyclic) bond motifs is 7. The lowest BCUT2D eigenvalue weighted by Gasteiger charge is -2.29. The van der Waals surface area contributed by atoms with Gasteiger partial charge in [-0.05, 0) is 92.7 Å². The van der Waals surface area contributed by atoms with Gasteiger partial charge in [0.2, 0.25) is 0 Å². The zero-order chi connectivity index (χ0) is 40.3. The van der Waals surface area contributed by atoms with Crippen LogP contribution in [0, 0.1) is 0 Å². The quantitative estimate of drug-likeness (QED) is 0.161. The van der Waals surface area contributed by atoms with Gasteiger partial charge >= 0.3 is 0 Å². The molecule has 2 aromatic heterocycles. The second kappa shape index (κ2) is 14.3. The van der Waals surface area contributed by atoms with E-state index in [4.69, 9.17) is 8.83 Å². The van der Waals surface area contributed by atoms with Crippen molar-refractivity contribution in [2.24, 2.45) is 0 Å². The van der Waals surface area contributed by atoms with E-state index < -0.39 is 0 Å². The fourth-order valence-corrected chi connectivity index (χ4v) is 9.33. The van der Waals surface area contributed by atoms with Gasteiger partial charge in [-0.15, -0.1) is 0 Å². The minimum absolute atomic E-state index is 0.871. The second-order valence-corrected chi connectivity index (χ2v) is 15.6. The van der Waals surface area contributed by atoms with Gasteiger partial charge in [0.15, 0.2) is 0 Å². The van der Waals surface area contributed by atoms with Crippen LogP contribution >= 0.6 is 0 Å². The van der Waals surface area contributed by atoms with Gasteiger partial charge in [0.05, 0.1) is 5.69 Å². The fourth-order valence-electron chi connectivity index (χ4n) is 9.33. The highest BCUT2D eigenvalue weighted by molar-refractivity contribution is 6.14. The van der Waals surface area contributed by atoms with Gasteiger partial charge < -0.3 is 13.7 Å². The Bertz CT molecular complexity index is 3600. The molecule has 0 saturated heterocycles. The normalized spacial score (nSPS) is 11.6. The van der Waals surface area contributed by atoms with Crippen molar-refractivity contribution in [1.29, 1.82) is 0 Å². The Hall–Kier alpha value is -8.14. The molecule has 0 N–H and O–H groups in total. The van der Waals surface area contributed by atoms with E-state index in [1.807, 2.05) is 24.3 Å². The molecule has 3 heteroatoms. The van der Waals surface area contributed by atoms with Crippen molar-refractivity contribution < 1.29 is 8.83 Å². The Morgan fingerprint density at radius 1 is 0.295 bits per heavy atom. The minimum Gasteiger partial charge on any atom is -0.456 e. The van der Waals surface area contributed by atoms with E-state index in [-0.39, 0.29) is 0 Å². The van der Waals surface area contributed by atoms with Crippen LogP contribution in [0.5, 0.6) is 0 Å². The molecule has 61 heavy (non-hydrogen) atoms. The minimum atomic E-state index is 0.871. The van der Waals surface area contributed by atoms with Crippen LogP contribution in [0.2, 0.25) is 0 Å². The Labute approximate surface area is 353 Å². The van der Waals surface area contributed by atoms with Gasteiger partial charge in [-0.25, -0.2) is 0 Å². The Morgan fingerprint density at radius 3 is 1.74 bits per heavy atom. The van der Waals surface area contributed by atoms with E-state index >= 15 is 0 Å². The maximum atomic E-state index is 6.48. The van der Waals surface area contributed by atoms with E-state index in [1.54, 1.807) is 0 Å². The van der Waals surface area contributed by atoms with E-state index in [2.05, 4.69) is 205 Å². The van der Waals surface area contributed by atoms with E-state index in [0.717, 1.165) is 88.8 Å². The summed E-state index contributed by atoms with van der Waals surface area (Å²) < 4.78 is 12.9. The molecule has 0 aliphatic rings. The molecule has 286 valence electrons. The molecule has 2 heterocycles. The molecule has 0 atom stereocenters. The summed E-state index contributed by atoms with van der Waals surface area (Å²) in [4.78, 5) is 2.39. The molecule has 0 spiro atoms. The van der Waals surface area contributed by atoms with Crippen molar-refractivity contribution >= 4 is 71.7 Å². The molecular formula is C58H37NO2. The molecule has 0 fully saturated rings. The number of anilines is 3. The summed E-state index contributed by atoms with van der Waals surface area (Å²) in [6, 6.07) is 80.0. The lowest BCUT2D eigenvalue weighted by molar-refractivity contribution is 0.669. The first-order valence-electron chi connectivity index (χ1n) is 20.7. The molecule has 0 saturated carbocycles. The maximum absolute atomic E-state index is 6.48. The molecule has 10 aromatic carbocycles. The summed E-state index contributed by atoms with van der Waals surface area (Å²) in [7, 11) is 0. The maximum Gasteiger partial charge on any atom is 0.143 e. The van der Waals surface area contributed by atoms with Crippen molar-refractivity contribution in [1.82, 2.24) is 0 Å². The van der Waals surface area contributed by atoms with Gasteiger partial charge in [0.25, 0.3) is 0 Å². The smallest absolute Gasteiger partial charge is 0.143 e. The van der Waals surface area contributed by atoms with Crippen molar-refractivity contribution in [2.75, 3.05) is 4.90 Å². The second-order valence-electron chi connectivity index (χ2n) is 15.6. The molecule has 0 unspecified atom stereocenters. The topological polar surface area (TPSA) is 29.5 Å². The first-order chi connectivity index (χ1) is 30.3. The summed E-state index contributed by atoms with van der Waals surface area (Å²) in [5.41, 5.74) is 15.8. The van der Waals surface area contributed by atoms with Crippen LogP contribution in [0.15, 0.2) is 233 Å². The molecule has 0 radical (unpaired) electrons. The number of hydrogen-bond donors (Lipinski definition) is 0. The molecular weight excluding hydrogens is 743 g/mol. The highest BCUT2D eigenvalue weighted by Crippen LogP contribution is 2.47.